The van der Waals surface area contributed by atoms with Gasteiger partial charge in [0.05, 0.1) is 6.42 Å². The van der Waals surface area contributed by atoms with Gasteiger partial charge in [-0.3, -0.25) is 4.79 Å². The van der Waals surface area contributed by atoms with E-state index in [0.29, 0.717) is 0 Å². The maximum Gasteiger partial charge on any atom is 0.331 e. The minimum Gasteiger partial charge on any atom is -0.478 e. The monoisotopic (exact) mass is 145 g/mol. The normalized spacial score (nSPS) is 8.50. The van der Waals surface area contributed by atoms with Gasteiger partial charge in [0.15, 0.2) is 0 Å². The second kappa shape index (κ2) is 3.62. The van der Waals surface area contributed by atoms with Crippen LogP contribution >= 0.6 is 0 Å². The van der Waals surface area contributed by atoms with E-state index < -0.39 is 11.9 Å². The number of aliphatic carboxylic acids is 1. The summed E-state index contributed by atoms with van der Waals surface area (Å²) in [6.45, 7) is 3.09. The van der Waals surface area contributed by atoms with E-state index in [-0.39, 0.29) is 12.0 Å². The summed E-state index contributed by atoms with van der Waals surface area (Å²) in [5, 5.41) is 8.18. The summed E-state index contributed by atoms with van der Waals surface area (Å²) in [5.41, 5.74) is -0.240. The molecule has 0 aliphatic rings. The number of nitrogens with two attached hydrogens (primary N) is 1. The molecule has 0 aliphatic carbocycles. The number of carboxylic acid groups (broad SMARTS) is 1. The molecule has 0 aliphatic heterocycles. The van der Waals surface area contributed by atoms with Crippen LogP contribution in [0, 0.1) is 0 Å². The van der Waals surface area contributed by atoms with E-state index in [2.05, 4.69) is 17.3 Å². The number of carbonyl (C=O) groups is 2. The van der Waals surface area contributed by atoms with E-state index in [4.69, 9.17) is 5.11 Å². The predicted octanol–water partition coefficient (Wildman–Crippen LogP) is -0.566. The highest BCUT2D eigenvalue weighted by molar-refractivity contribution is 5.91. The molecule has 0 rings (SSSR count). The van der Waals surface area contributed by atoms with Crippen molar-refractivity contribution in [2.24, 2.45) is 5.90 Å². The maximum absolute atomic E-state index is 10.3. The smallest absolute Gasteiger partial charge is 0.331 e. The summed E-state index contributed by atoms with van der Waals surface area (Å²) >= 11 is 0. The Bertz CT molecular complexity index is 174. The molecule has 0 heterocycles. The zero-order valence-corrected chi connectivity index (χ0v) is 5.16. The Morgan fingerprint density at radius 3 is 2.40 bits per heavy atom. The third-order valence-corrected chi connectivity index (χ3v) is 0.792. The van der Waals surface area contributed by atoms with E-state index in [1.807, 2.05) is 0 Å². The molecule has 0 spiro atoms. The Labute approximate surface area is 57.0 Å². The standard InChI is InChI=1S/C5H7NO4/c1-3(5(8)9)2-4(7)10-6/h1-2,6H2,(H,8,9). The quantitative estimate of drug-likeness (QED) is 0.410. The molecule has 3 N–H and O–H groups in total. The van der Waals surface area contributed by atoms with Crippen LogP contribution in [0.15, 0.2) is 12.2 Å². The summed E-state index contributed by atoms with van der Waals surface area (Å²) in [7, 11) is 0. The first-order chi connectivity index (χ1) is 4.57. The van der Waals surface area contributed by atoms with Crippen LogP contribution in [0.1, 0.15) is 6.42 Å². The maximum atomic E-state index is 10.3. The van der Waals surface area contributed by atoms with Crippen LogP contribution in [0.5, 0.6) is 0 Å². The second-order valence-electron chi connectivity index (χ2n) is 1.58. The zero-order valence-electron chi connectivity index (χ0n) is 5.16. The first kappa shape index (κ1) is 8.64. The van der Waals surface area contributed by atoms with Crippen LogP contribution in [0.4, 0.5) is 0 Å². The minimum absolute atomic E-state index is 0.240. The second-order valence-corrected chi connectivity index (χ2v) is 1.58. The van der Waals surface area contributed by atoms with Crippen LogP contribution in [0.25, 0.3) is 0 Å². The van der Waals surface area contributed by atoms with E-state index in [0.717, 1.165) is 0 Å². The van der Waals surface area contributed by atoms with E-state index in [9.17, 15) is 9.59 Å². The van der Waals surface area contributed by atoms with E-state index >= 15 is 0 Å². The lowest BCUT2D eigenvalue weighted by molar-refractivity contribution is -0.145. The number of hydrogen-bond acceptors (Lipinski definition) is 4. The molecular formula is C5H7NO4. The first-order valence-electron chi connectivity index (χ1n) is 2.38. The molecule has 0 amide bonds. The molecule has 10 heavy (non-hydrogen) atoms. The summed E-state index contributed by atoms with van der Waals surface area (Å²) in [6.07, 6.45) is -0.383. The van der Waals surface area contributed by atoms with E-state index in [1.165, 1.54) is 0 Å². The molecule has 5 heteroatoms. The van der Waals surface area contributed by atoms with Gasteiger partial charge in [0.1, 0.15) is 0 Å². The third-order valence-electron chi connectivity index (χ3n) is 0.792. The van der Waals surface area contributed by atoms with Crippen molar-refractivity contribution in [2.75, 3.05) is 0 Å². The number of rotatable bonds is 3. The van der Waals surface area contributed by atoms with Crippen molar-refractivity contribution >= 4 is 11.9 Å². The molecule has 0 atom stereocenters. The molecule has 0 bridgehead atoms. The molecule has 0 aromatic rings. The molecule has 0 aromatic carbocycles. The summed E-state index contributed by atoms with van der Waals surface area (Å²) in [4.78, 5) is 24.0. The fourth-order valence-electron chi connectivity index (χ4n) is 0.292. The molecule has 0 saturated carbocycles. The van der Waals surface area contributed by atoms with Crippen molar-refractivity contribution in [2.45, 2.75) is 6.42 Å². The molecule has 5 nitrogen and oxygen atoms in total. The van der Waals surface area contributed by atoms with Crippen LogP contribution in [-0.2, 0) is 14.4 Å². The van der Waals surface area contributed by atoms with Gasteiger partial charge in [-0.25, -0.2) is 4.79 Å². The Hall–Kier alpha value is -1.36. The topological polar surface area (TPSA) is 89.6 Å². The fourth-order valence-corrected chi connectivity index (χ4v) is 0.292. The molecule has 0 aromatic heterocycles. The highest BCUT2D eigenvalue weighted by Crippen LogP contribution is 1.97. The van der Waals surface area contributed by atoms with E-state index in [1.54, 1.807) is 0 Å². The van der Waals surface area contributed by atoms with Gasteiger partial charge in [0, 0.05) is 5.57 Å². The van der Waals surface area contributed by atoms with Crippen molar-refractivity contribution in [3.63, 3.8) is 0 Å². The van der Waals surface area contributed by atoms with Crippen molar-refractivity contribution in [1.29, 1.82) is 0 Å². The van der Waals surface area contributed by atoms with Crippen molar-refractivity contribution in [1.82, 2.24) is 0 Å². The number of carboxylic acids is 1. The van der Waals surface area contributed by atoms with Gasteiger partial charge in [-0.15, -0.1) is 0 Å². The van der Waals surface area contributed by atoms with Crippen LogP contribution in [0.2, 0.25) is 0 Å². The summed E-state index contributed by atoms with van der Waals surface area (Å²) in [5.74, 6) is 2.39. The highest BCUT2D eigenvalue weighted by atomic mass is 16.7. The predicted molar refractivity (Wildman–Crippen MR) is 31.7 cm³/mol. The average molecular weight is 145 g/mol. The Morgan fingerprint density at radius 2 is 2.10 bits per heavy atom. The zero-order chi connectivity index (χ0) is 8.15. The number of carbonyl (C=O) groups excluding carboxylic acids is 1. The van der Waals surface area contributed by atoms with Crippen molar-refractivity contribution in [3.05, 3.63) is 12.2 Å². The Balaban J connectivity index is 3.80. The Kier molecular flexibility index (Phi) is 3.13. The van der Waals surface area contributed by atoms with Gasteiger partial charge in [0.2, 0.25) is 0 Å². The van der Waals surface area contributed by atoms with Crippen molar-refractivity contribution in [3.8, 4) is 0 Å². The summed E-state index contributed by atoms with van der Waals surface area (Å²) in [6, 6.07) is 0. The van der Waals surface area contributed by atoms with Gasteiger partial charge < -0.3 is 9.94 Å². The average Bonchev–Trinajstić information content (AvgIpc) is 1.87. The number of hydrogen-bond donors (Lipinski definition) is 2. The van der Waals surface area contributed by atoms with Crippen molar-refractivity contribution < 1.29 is 19.5 Å². The molecule has 0 unspecified atom stereocenters. The molecule has 0 saturated heterocycles. The molecule has 56 valence electrons. The van der Waals surface area contributed by atoms with Gasteiger partial charge >= 0.3 is 11.9 Å². The van der Waals surface area contributed by atoms with Crippen LogP contribution < -0.4 is 5.90 Å². The lowest BCUT2D eigenvalue weighted by Gasteiger charge is -1.95. The SMILES string of the molecule is C=C(CC(=O)ON)C(=O)O. The Morgan fingerprint density at radius 1 is 1.60 bits per heavy atom. The molecular weight excluding hydrogens is 138 g/mol. The van der Waals surface area contributed by atoms with Gasteiger partial charge in [-0.2, -0.15) is 5.90 Å². The van der Waals surface area contributed by atoms with Gasteiger partial charge in [-0.05, 0) is 0 Å². The lowest BCUT2D eigenvalue weighted by atomic mass is 10.2. The van der Waals surface area contributed by atoms with Crippen LogP contribution in [0.3, 0.4) is 0 Å². The molecule has 0 fully saturated rings. The fraction of sp³-hybridized carbons (Fsp3) is 0.200. The summed E-state index contributed by atoms with van der Waals surface area (Å²) < 4.78 is 0. The first-order valence-corrected chi connectivity index (χ1v) is 2.38. The third kappa shape index (κ3) is 2.83. The lowest BCUT2D eigenvalue weighted by Crippen LogP contribution is -2.13. The van der Waals surface area contributed by atoms with Gasteiger partial charge in [0.25, 0.3) is 0 Å². The van der Waals surface area contributed by atoms with Crippen LogP contribution in [-0.4, -0.2) is 17.0 Å². The highest BCUT2D eigenvalue weighted by Gasteiger charge is 2.09. The largest absolute Gasteiger partial charge is 0.478 e. The minimum atomic E-state index is -1.23. The molecule has 0 radical (unpaired) electrons. The van der Waals surface area contributed by atoms with Gasteiger partial charge in [-0.1, -0.05) is 6.58 Å².